The molecule has 31 heavy (non-hydrogen) atoms. The second-order valence-electron chi connectivity index (χ2n) is 7.92. The number of fused-ring (bicyclic) bond motifs is 1. The monoisotopic (exact) mass is 454 g/mol. The first kappa shape index (κ1) is 20.2. The predicted molar refractivity (Wildman–Crippen MR) is 119 cm³/mol. The molecule has 8 nitrogen and oxygen atoms in total. The summed E-state index contributed by atoms with van der Waals surface area (Å²) in [4.78, 5) is 19.5. The molecule has 4 heterocycles. The molecule has 0 amide bonds. The Balaban J connectivity index is 1.28. The van der Waals surface area contributed by atoms with Crippen molar-refractivity contribution in [2.24, 2.45) is 5.92 Å². The topological polar surface area (TPSA) is 102 Å². The van der Waals surface area contributed by atoms with Gasteiger partial charge in [-0.25, -0.2) is 5.10 Å². The number of carbonyl (C=O) groups excluding carboxylic acids is 1. The van der Waals surface area contributed by atoms with Gasteiger partial charge in [0.25, 0.3) is 11.1 Å². The SMILES string of the molecule is Cc1cc(C(=O)CSc2nnc(-c3cc4c(s3)CC[C@H](C)C4)o2)c(C)n1-c1ncn[nH]1. The van der Waals surface area contributed by atoms with Gasteiger partial charge in [-0.05, 0) is 56.7 Å². The average Bonchev–Trinajstić information content (AvgIpc) is 3.52. The number of aromatic amines is 1. The van der Waals surface area contributed by atoms with E-state index in [4.69, 9.17) is 4.42 Å². The molecular formula is C21H22N6O2S2. The molecule has 160 valence electrons. The van der Waals surface area contributed by atoms with Crippen molar-refractivity contribution in [2.45, 2.75) is 45.3 Å². The van der Waals surface area contributed by atoms with Gasteiger partial charge in [-0.2, -0.15) is 10.1 Å². The van der Waals surface area contributed by atoms with Gasteiger partial charge in [-0.15, -0.1) is 21.5 Å². The lowest BCUT2D eigenvalue weighted by atomic mass is 9.90. The molecule has 0 aromatic carbocycles. The number of thioether (sulfide) groups is 1. The molecule has 1 atom stereocenters. The van der Waals surface area contributed by atoms with Crippen LogP contribution in [0, 0.1) is 19.8 Å². The number of nitrogens with zero attached hydrogens (tertiary/aromatic N) is 5. The van der Waals surface area contributed by atoms with Crippen molar-refractivity contribution in [1.82, 2.24) is 29.9 Å². The minimum atomic E-state index is 0.00388. The van der Waals surface area contributed by atoms with Crippen molar-refractivity contribution in [2.75, 3.05) is 5.75 Å². The molecule has 4 aromatic heterocycles. The van der Waals surface area contributed by atoms with E-state index in [1.807, 2.05) is 24.5 Å². The molecular weight excluding hydrogens is 432 g/mol. The Morgan fingerprint density at radius 2 is 2.23 bits per heavy atom. The second-order valence-corrected chi connectivity index (χ2v) is 9.98. The van der Waals surface area contributed by atoms with Gasteiger partial charge in [0.1, 0.15) is 6.33 Å². The molecule has 0 spiro atoms. The number of H-pyrrole nitrogens is 1. The summed E-state index contributed by atoms with van der Waals surface area (Å²) in [5.74, 6) is 2.08. The zero-order chi connectivity index (χ0) is 21.5. The number of rotatable bonds is 6. The lowest BCUT2D eigenvalue weighted by Gasteiger charge is -2.16. The smallest absolute Gasteiger partial charge is 0.277 e. The van der Waals surface area contributed by atoms with Crippen LogP contribution < -0.4 is 0 Å². The summed E-state index contributed by atoms with van der Waals surface area (Å²) in [7, 11) is 0. The summed E-state index contributed by atoms with van der Waals surface area (Å²) < 4.78 is 7.73. The number of ketones is 1. The van der Waals surface area contributed by atoms with Gasteiger partial charge in [0.15, 0.2) is 5.78 Å². The van der Waals surface area contributed by atoms with E-state index >= 15 is 0 Å². The normalized spacial score (nSPS) is 15.9. The summed E-state index contributed by atoms with van der Waals surface area (Å²) in [6, 6.07) is 4.05. The molecule has 0 saturated heterocycles. The Morgan fingerprint density at radius 3 is 3.03 bits per heavy atom. The van der Waals surface area contributed by atoms with Crippen LogP contribution in [0.5, 0.6) is 0 Å². The van der Waals surface area contributed by atoms with Gasteiger partial charge >= 0.3 is 0 Å². The number of nitrogens with one attached hydrogen (secondary N) is 1. The fourth-order valence-corrected chi connectivity index (χ4v) is 5.84. The number of aryl methyl sites for hydroxylation is 2. The summed E-state index contributed by atoms with van der Waals surface area (Å²) in [6.07, 6.45) is 4.92. The van der Waals surface area contributed by atoms with Crippen molar-refractivity contribution in [3.05, 3.63) is 45.9 Å². The zero-order valence-corrected chi connectivity index (χ0v) is 19.1. The Morgan fingerprint density at radius 1 is 1.35 bits per heavy atom. The second kappa shape index (κ2) is 8.08. The minimum Gasteiger partial charge on any atom is -0.410 e. The van der Waals surface area contributed by atoms with Gasteiger partial charge in [0.2, 0.25) is 5.95 Å². The van der Waals surface area contributed by atoms with Crippen LogP contribution in [-0.2, 0) is 12.8 Å². The maximum absolute atomic E-state index is 12.8. The van der Waals surface area contributed by atoms with Crippen LogP contribution in [0.2, 0.25) is 0 Å². The first-order valence-electron chi connectivity index (χ1n) is 10.2. The van der Waals surface area contributed by atoms with Crippen molar-refractivity contribution < 1.29 is 9.21 Å². The molecule has 0 unspecified atom stereocenters. The molecule has 0 aliphatic heterocycles. The minimum absolute atomic E-state index is 0.00388. The Labute approximate surface area is 187 Å². The van der Waals surface area contributed by atoms with Crippen LogP contribution in [0.15, 0.2) is 28.1 Å². The number of hydrogen-bond donors (Lipinski definition) is 1. The Hall–Kier alpha value is -2.72. The maximum atomic E-state index is 12.8. The summed E-state index contributed by atoms with van der Waals surface area (Å²) in [5.41, 5.74) is 3.80. The number of thiophene rings is 1. The Bertz CT molecular complexity index is 1240. The van der Waals surface area contributed by atoms with E-state index in [1.54, 1.807) is 11.3 Å². The van der Waals surface area contributed by atoms with Gasteiger partial charge in [-0.3, -0.25) is 9.36 Å². The van der Waals surface area contributed by atoms with Crippen molar-refractivity contribution >= 4 is 28.9 Å². The third-order valence-corrected chi connectivity index (χ3v) is 7.66. The Kier molecular flexibility index (Phi) is 5.27. The van der Waals surface area contributed by atoms with Crippen LogP contribution in [-0.4, -0.2) is 41.5 Å². The van der Waals surface area contributed by atoms with E-state index < -0.39 is 0 Å². The van der Waals surface area contributed by atoms with Crippen molar-refractivity contribution in [3.63, 3.8) is 0 Å². The highest BCUT2D eigenvalue weighted by atomic mass is 32.2. The van der Waals surface area contributed by atoms with E-state index in [1.165, 1.54) is 35.0 Å². The van der Waals surface area contributed by atoms with E-state index in [0.717, 1.165) is 35.0 Å². The quantitative estimate of drug-likeness (QED) is 0.340. The van der Waals surface area contributed by atoms with E-state index in [2.05, 4.69) is 38.4 Å². The molecule has 4 aromatic rings. The number of aromatic nitrogens is 6. The van der Waals surface area contributed by atoms with E-state index in [0.29, 0.717) is 22.6 Å². The highest BCUT2D eigenvalue weighted by molar-refractivity contribution is 7.99. The van der Waals surface area contributed by atoms with Gasteiger partial charge < -0.3 is 4.42 Å². The van der Waals surface area contributed by atoms with Crippen molar-refractivity contribution in [1.29, 1.82) is 0 Å². The van der Waals surface area contributed by atoms with Crippen LogP contribution in [0.4, 0.5) is 0 Å². The maximum Gasteiger partial charge on any atom is 0.277 e. The molecule has 0 radical (unpaired) electrons. The molecule has 0 bridgehead atoms. The van der Waals surface area contributed by atoms with Crippen LogP contribution in [0.1, 0.15) is 45.5 Å². The average molecular weight is 455 g/mol. The molecule has 1 N–H and O–H groups in total. The fraction of sp³-hybridized carbons (Fsp3) is 0.381. The first-order chi connectivity index (χ1) is 15.0. The van der Waals surface area contributed by atoms with Crippen molar-refractivity contribution in [3.8, 4) is 16.7 Å². The number of hydrogen-bond acceptors (Lipinski definition) is 8. The molecule has 5 rings (SSSR count). The van der Waals surface area contributed by atoms with Crippen LogP contribution >= 0.6 is 23.1 Å². The first-order valence-corrected chi connectivity index (χ1v) is 12.0. The van der Waals surface area contributed by atoms with Gasteiger partial charge in [0, 0.05) is 21.8 Å². The highest BCUT2D eigenvalue weighted by Crippen LogP contribution is 2.37. The predicted octanol–water partition coefficient (Wildman–Crippen LogP) is 4.42. The lowest BCUT2D eigenvalue weighted by molar-refractivity contribution is 0.102. The third kappa shape index (κ3) is 3.85. The summed E-state index contributed by atoms with van der Waals surface area (Å²) in [6.45, 7) is 6.13. The van der Waals surface area contributed by atoms with E-state index in [9.17, 15) is 4.79 Å². The molecule has 1 aliphatic rings. The van der Waals surface area contributed by atoms with Gasteiger partial charge in [-0.1, -0.05) is 18.7 Å². The molecule has 10 heteroatoms. The molecule has 1 aliphatic carbocycles. The summed E-state index contributed by atoms with van der Waals surface area (Å²) in [5, 5.41) is 15.5. The number of Topliss-reactive ketones (excluding diaryl/α,β-unsaturated/α-hetero) is 1. The molecule has 0 fully saturated rings. The standard InChI is InChI=1S/C21H22N6O2S2/c1-11-4-5-17-14(6-11)8-18(31-17)19-24-26-21(29-19)30-9-16(28)15-7-12(2)27(13(15)3)20-22-10-23-25-20/h7-8,10-11H,4-6,9H2,1-3H3,(H,22,23,25)/t11-/m0/s1. The van der Waals surface area contributed by atoms with Gasteiger partial charge in [0.05, 0.1) is 10.6 Å². The largest absolute Gasteiger partial charge is 0.410 e. The summed E-state index contributed by atoms with van der Waals surface area (Å²) >= 11 is 3.01. The molecule has 0 saturated carbocycles. The van der Waals surface area contributed by atoms with E-state index in [-0.39, 0.29) is 11.5 Å². The zero-order valence-electron chi connectivity index (χ0n) is 17.5. The third-order valence-electron chi connectivity index (χ3n) is 5.62. The number of carbonyl (C=O) groups is 1. The lowest BCUT2D eigenvalue weighted by Crippen LogP contribution is -2.07. The fourth-order valence-electron chi connectivity index (χ4n) is 4.06. The van der Waals surface area contributed by atoms with Crippen LogP contribution in [0.25, 0.3) is 16.7 Å². The highest BCUT2D eigenvalue weighted by Gasteiger charge is 2.22. The van der Waals surface area contributed by atoms with Crippen LogP contribution in [0.3, 0.4) is 0 Å².